The maximum atomic E-state index is 13.7. The van der Waals surface area contributed by atoms with Gasteiger partial charge >= 0.3 is 6.18 Å². The number of nitrogens with zero attached hydrogens (tertiary/aromatic N) is 1. The Balaban J connectivity index is 1.64. The highest BCUT2D eigenvalue weighted by molar-refractivity contribution is 6.31. The molecule has 5 rings (SSSR count). The van der Waals surface area contributed by atoms with Crippen molar-refractivity contribution in [2.45, 2.75) is 12.2 Å². The normalized spacial score (nSPS) is 16.0. The van der Waals surface area contributed by atoms with E-state index in [-0.39, 0.29) is 34.1 Å². The molecule has 0 aliphatic carbocycles. The predicted molar refractivity (Wildman–Crippen MR) is 132 cm³/mol. The van der Waals surface area contributed by atoms with E-state index in [1.807, 2.05) is 0 Å². The number of carbonyl (C=O) groups excluding carboxylic acids is 2. The monoisotopic (exact) mass is 543 g/mol. The maximum Gasteiger partial charge on any atom is 0.416 e. The van der Waals surface area contributed by atoms with Gasteiger partial charge in [-0.15, -0.1) is 0 Å². The highest BCUT2D eigenvalue weighted by Crippen LogP contribution is 2.44. The number of carbonyl (C=O) groups is 2. The van der Waals surface area contributed by atoms with Crippen LogP contribution in [-0.2, 0) is 11.0 Å². The third kappa shape index (κ3) is 4.22. The van der Waals surface area contributed by atoms with E-state index in [1.54, 1.807) is 6.07 Å². The van der Waals surface area contributed by atoms with Gasteiger partial charge < -0.3 is 19.4 Å². The Hall–Kier alpha value is -4.44. The number of ether oxygens (including phenoxy) is 1. The number of hydrogen-bond acceptors (Lipinski definition) is 6. The van der Waals surface area contributed by atoms with E-state index in [0.29, 0.717) is 16.0 Å². The van der Waals surface area contributed by atoms with Gasteiger partial charge in [-0.05, 0) is 54.1 Å². The third-order valence-electron chi connectivity index (χ3n) is 6.13. The van der Waals surface area contributed by atoms with Gasteiger partial charge in [0.25, 0.3) is 5.91 Å². The van der Waals surface area contributed by atoms with Crippen molar-refractivity contribution in [3.05, 3.63) is 100.0 Å². The van der Waals surface area contributed by atoms with E-state index < -0.39 is 35.2 Å². The molecule has 3 aromatic carbocycles. The Kier molecular flexibility index (Phi) is 6.07. The summed E-state index contributed by atoms with van der Waals surface area (Å²) in [6.45, 7) is 0. The third-order valence-corrected chi connectivity index (χ3v) is 6.34. The molecule has 194 valence electrons. The molecule has 2 heterocycles. The number of phenols is 1. The molecule has 0 saturated carbocycles. The Morgan fingerprint density at radius 3 is 2.29 bits per heavy atom. The van der Waals surface area contributed by atoms with Crippen molar-refractivity contribution in [2.75, 3.05) is 12.0 Å². The van der Waals surface area contributed by atoms with Crippen molar-refractivity contribution in [2.24, 2.45) is 0 Å². The summed E-state index contributed by atoms with van der Waals surface area (Å²) >= 11 is 6.10. The molecule has 1 amide bonds. The van der Waals surface area contributed by atoms with Crippen molar-refractivity contribution in [1.29, 1.82) is 0 Å². The minimum Gasteiger partial charge on any atom is -0.508 e. The lowest BCUT2D eigenvalue weighted by Gasteiger charge is -2.27. The molecule has 1 aliphatic heterocycles. The number of benzene rings is 3. The van der Waals surface area contributed by atoms with Crippen molar-refractivity contribution < 1.29 is 42.1 Å². The van der Waals surface area contributed by atoms with Crippen LogP contribution in [0.2, 0.25) is 5.02 Å². The first-order valence-electron chi connectivity index (χ1n) is 11.0. The van der Waals surface area contributed by atoms with Crippen LogP contribution < -0.4 is 9.64 Å². The van der Waals surface area contributed by atoms with Gasteiger partial charge in [0, 0.05) is 22.2 Å². The number of hydrogen-bond donors (Lipinski definition) is 2. The van der Waals surface area contributed by atoms with E-state index in [4.69, 9.17) is 20.8 Å². The van der Waals surface area contributed by atoms with Gasteiger partial charge in [-0.3, -0.25) is 14.5 Å². The largest absolute Gasteiger partial charge is 0.508 e. The molecule has 0 spiro atoms. The van der Waals surface area contributed by atoms with Gasteiger partial charge in [-0.25, -0.2) is 0 Å². The number of methoxy groups -OCH3 is 1. The SMILES string of the molecule is COc1cc(Cl)cc2cc(C(=O)C3=C(O)C(=O)N(c4ccc(C(F)(F)F)cc4)C3c3ccc(O)cc3)oc12. The van der Waals surface area contributed by atoms with Crippen LogP contribution in [0.1, 0.15) is 27.7 Å². The fourth-order valence-electron chi connectivity index (χ4n) is 4.37. The summed E-state index contributed by atoms with van der Waals surface area (Å²) in [6, 6.07) is 12.4. The molecule has 0 bridgehead atoms. The van der Waals surface area contributed by atoms with Crippen LogP contribution in [0.5, 0.6) is 11.5 Å². The molecule has 4 aromatic rings. The summed E-state index contributed by atoms with van der Waals surface area (Å²) in [4.78, 5) is 27.9. The summed E-state index contributed by atoms with van der Waals surface area (Å²) in [7, 11) is 1.39. The van der Waals surface area contributed by atoms with Gasteiger partial charge in [0.05, 0.1) is 24.3 Å². The first kappa shape index (κ1) is 25.2. The first-order chi connectivity index (χ1) is 18.0. The predicted octanol–water partition coefficient (Wildman–Crippen LogP) is 6.60. The molecule has 2 N–H and O–H groups in total. The minimum atomic E-state index is -4.60. The number of rotatable bonds is 5. The molecule has 1 unspecified atom stereocenters. The number of aliphatic hydroxyl groups is 1. The number of phenolic OH excluding ortho intramolecular Hbond substituents is 1. The van der Waals surface area contributed by atoms with Crippen LogP contribution in [0.15, 0.2) is 82.5 Å². The van der Waals surface area contributed by atoms with Crippen LogP contribution in [0.3, 0.4) is 0 Å². The number of ketones is 1. The van der Waals surface area contributed by atoms with Crippen molar-refractivity contribution in [3.8, 4) is 11.5 Å². The highest BCUT2D eigenvalue weighted by Gasteiger charge is 2.45. The van der Waals surface area contributed by atoms with Crippen LogP contribution in [0.25, 0.3) is 11.0 Å². The van der Waals surface area contributed by atoms with Crippen molar-refractivity contribution in [1.82, 2.24) is 0 Å². The van der Waals surface area contributed by atoms with Crippen LogP contribution in [0, 0.1) is 0 Å². The lowest BCUT2D eigenvalue weighted by Crippen LogP contribution is -2.31. The Labute approximate surface area is 217 Å². The average molecular weight is 544 g/mol. The fourth-order valence-corrected chi connectivity index (χ4v) is 4.59. The van der Waals surface area contributed by atoms with Gasteiger partial charge in [-0.1, -0.05) is 23.7 Å². The molecule has 0 saturated heterocycles. The molecular weight excluding hydrogens is 527 g/mol. The molecule has 1 aliphatic rings. The summed E-state index contributed by atoms with van der Waals surface area (Å²) < 4.78 is 50.3. The summed E-state index contributed by atoms with van der Waals surface area (Å²) in [5.74, 6) is -2.79. The van der Waals surface area contributed by atoms with Gasteiger partial charge in [-0.2, -0.15) is 13.2 Å². The van der Waals surface area contributed by atoms with Crippen LogP contribution in [-0.4, -0.2) is 29.0 Å². The van der Waals surface area contributed by atoms with E-state index in [2.05, 4.69) is 0 Å². The van der Waals surface area contributed by atoms with Crippen LogP contribution in [0.4, 0.5) is 18.9 Å². The molecule has 1 atom stereocenters. The summed E-state index contributed by atoms with van der Waals surface area (Å²) in [6.07, 6.45) is -4.60. The zero-order valence-electron chi connectivity index (χ0n) is 19.4. The number of anilines is 1. The summed E-state index contributed by atoms with van der Waals surface area (Å²) in [5.41, 5.74) is -0.763. The fraction of sp³-hybridized carbons (Fsp3) is 0.111. The topological polar surface area (TPSA) is 100 Å². The number of alkyl halides is 3. The Bertz CT molecular complexity index is 1610. The van der Waals surface area contributed by atoms with E-state index in [1.165, 1.54) is 43.5 Å². The van der Waals surface area contributed by atoms with E-state index in [0.717, 1.165) is 29.2 Å². The summed E-state index contributed by atoms with van der Waals surface area (Å²) in [5, 5.41) is 21.4. The van der Waals surface area contributed by atoms with E-state index in [9.17, 15) is 33.0 Å². The second-order valence-corrected chi connectivity index (χ2v) is 8.88. The molecular formula is C27H17ClF3NO6. The number of halogens is 4. The number of aromatic hydroxyl groups is 1. The molecule has 0 fully saturated rings. The van der Waals surface area contributed by atoms with E-state index >= 15 is 0 Å². The Morgan fingerprint density at radius 1 is 1.03 bits per heavy atom. The Morgan fingerprint density at radius 2 is 1.68 bits per heavy atom. The lowest BCUT2D eigenvalue weighted by atomic mass is 9.94. The lowest BCUT2D eigenvalue weighted by molar-refractivity contribution is -0.137. The van der Waals surface area contributed by atoms with Crippen LogP contribution >= 0.6 is 11.6 Å². The standard InChI is InChI=1S/C27H17ClF3NO6/c1-37-20-12-16(28)10-14-11-19(38-25(14)20)23(34)21-22(13-2-8-18(33)9-3-13)32(26(36)24(21)35)17-6-4-15(5-7-17)27(29,30)31/h2-12,22,33,35H,1H3. The molecule has 7 nitrogen and oxygen atoms in total. The van der Waals surface area contributed by atoms with Crippen molar-refractivity contribution in [3.63, 3.8) is 0 Å². The maximum absolute atomic E-state index is 13.7. The zero-order valence-corrected chi connectivity index (χ0v) is 20.2. The number of Topliss-reactive ketones (excluding diaryl/α,β-unsaturated/α-hetero) is 1. The minimum absolute atomic E-state index is 0.00785. The average Bonchev–Trinajstić information content (AvgIpc) is 3.42. The quantitative estimate of drug-likeness (QED) is 0.275. The molecule has 38 heavy (non-hydrogen) atoms. The number of furan rings is 1. The first-order valence-corrected chi connectivity index (χ1v) is 11.4. The van der Waals surface area contributed by atoms with Gasteiger partial charge in [0.1, 0.15) is 5.75 Å². The molecule has 11 heteroatoms. The molecule has 1 aromatic heterocycles. The second-order valence-electron chi connectivity index (χ2n) is 8.44. The molecule has 0 radical (unpaired) electrons. The van der Waals surface area contributed by atoms with Gasteiger partial charge in [0.2, 0.25) is 5.78 Å². The zero-order chi connectivity index (χ0) is 27.4. The number of fused-ring (bicyclic) bond motifs is 1. The number of amides is 1. The highest BCUT2D eigenvalue weighted by atomic mass is 35.5. The van der Waals surface area contributed by atoms with Gasteiger partial charge in [0.15, 0.2) is 22.9 Å². The smallest absolute Gasteiger partial charge is 0.416 e. The second kappa shape index (κ2) is 9.14. The van der Waals surface area contributed by atoms with Crippen molar-refractivity contribution >= 4 is 39.9 Å². The number of aliphatic hydroxyl groups excluding tert-OH is 1.